The maximum Gasteiger partial charge on any atom is 0.264 e. The van der Waals surface area contributed by atoms with E-state index in [0.29, 0.717) is 0 Å². The molecule has 0 N–H and O–H groups in total. The molecule has 5 heteroatoms. The zero-order valence-corrected chi connectivity index (χ0v) is 14.5. The first-order valence-electron chi connectivity index (χ1n) is 7.73. The molecule has 2 heterocycles. The molecule has 1 atom stereocenters. The van der Waals surface area contributed by atoms with E-state index >= 15 is 0 Å². The highest BCUT2D eigenvalue weighted by molar-refractivity contribution is 7.13. The Hall–Kier alpha value is -2.01. The van der Waals surface area contributed by atoms with Crippen molar-refractivity contribution in [1.29, 1.82) is 0 Å². The van der Waals surface area contributed by atoms with Gasteiger partial charge in [-0.05, 0) is 50.1 Å². The number of ether oxygens (including phenoxy) is 2. The van der Waals surface area contributed by atoms with Crippen LogP contribution in [0.3, 0.4) is 0 Å². The summed E-state index contributed by atoms with van der Waals surface area (Å²) in [6.45, 7) is 2.80. The van der Waals surface area contributed by atoms with Crippen molar-refractivity contribution in [3.8, 4) is 11.5 Å². The van der Waals surface area contributed by atoms with Crippen LogP contribution in [0.15, 0.2) is 30.3 Å². The minimum absolute atomic E-state index is 0.0370. The molecule has 0 aliphatic carbocycles. The van der Waals surface area contributed by atoms with E-state index in [1.807, 2.05) is 42.2 Å². The van der Waals surface area contributed by atoms with Crippen LogP contribution in [0.2, 0.25) is 0 Å². The van der Waals surface area contributed by atoms with Gasteiger partial charge in [-0.15, -0.1) is 11.3 Å². The van der Waals surface area contributed by atoms with Gasteiger partial charge >= 0.3 is 0 Å². The number of aryl methyl sites for hydroxylation is 1. The van der Waals surface area contributed by atoms with Gasteiger partial charge < -0.3 is 14.4 Å². The maximum absolute atomic E-state index is 12.9. The van der Waals surface area contributed by atoms with Crippen molar-refractivity contribution in [2.45, 2.75) is 25.8 Å². The van der Waals surface area contributed by atoms with Crippen molar-refractivity contribution < 1.29 is 14.3 Å². The van der Waals surface area contributed by atoms with Crippen LogP contribution in [0.4, 0.5) is 0 Å². The second-order valence-corrected chi connectivity index (χ2v) is 6.96. The topological polar surface area (TPSA) is 38.8 Å². The number of amides is 1. The predicted molar refractivity (Wildman–Crippen MR) is 91.6 cm³/mol. The minimum atomic E-state index is 0.0370. The van der Waals surface area contributed by atoms with Crippen LogP contribution in [0.1, 0.15) is 39.0 Å². The van der Waals surface area contributed by atoms with E-state index in [0.717, 1.165) is 46.2 Å². The highest BCUT2D eigenvalue weighted by atomic mass is 32.1. The van der Waals surface area contributed by atoms with Crippen molar-refractivity contribution in [1.82, 2.24) is 4.90 Å². The summed E-state index contributed by atoms with van der Waals surface area (Å²) in [4.78, 5) is 16.8. The van der Waals surface area contributed by atoms with Gasteiger partial charge in [0.15, 0.2) is 0 Å². The van der Waals surface area contributed by atoms with Gasteiger partial charge in [-0.1, -0.05) is 0 Å². The minimum Gasteiger partial charge on any atom is -0.497 e. The van der Waals surface area contributed by atoms with Gasteiger partial charge in [0.05, 0.1) is 25.1 Å². The smallest absolute Gasteiger partial charge is 0.264 e. The van der Waals surface area contributed by atoms with Crippen LogP contribution in [0, 0.1) is 6.92 Å². The molecule has 0 bridgehead atoms. The van der Waals surface area contributed by atoms with E-state index in [-0.39, 0.29) is 11.9 Å². The Bertz CT molecular complexity index is 710. The van der Waals surface area contributed by atoms with E-state index in [2.05, 4.69) is 0 Å². The predicted octanol–water partition coefficient (Wildman–Crippen LogP) is 4.05. The monoisotopic (exact) mass is 331 g/mol. The molecule has 1 amide bonds. The lowest BCUT2D eigenvalue weighted by Crippen LogP contribution is -2.30. The molecule has 1 fully saturated rings. The molecule has 1 aromatic heterocycles. The zero-order chi connectivity index (χ0) is 16.4. The van der Waals surface area contributed by atoms with Gasteiger partial charge in [0.1, 0.15) is 11.5 Å². The lowest BCUT2D eigenvalue weighted by atomic mass is 10.0. The van der Waals surface area contributed by atoms with Crippen LogP contribution < -0.4 is 9.47 Å². The Morgan fingerprint density at radius 1 is 1.22 bits per heavy atom. The number of benzene rings is 1. The van der Waals surface area contributed by atoms with E-state index in [1.165, 1.54) is 0 Å². The SMILES string of the molecule is COc1ccc(OC)c(C2CCCN2C(=O)c2ccc(C)s2)c1. The Balaban J connectivity index is 1.94. The summed E-state index contributed by atoms with van der Waals surface area (Å²) >= 11 is 1.55. The van der Waals surface area contributed by atoms with Crippen LogP contribution in [-0.2, 0) is 0 Å². The molecule has 2 aromatic rings. The normalized spacial score (nSPS) is 17.3. The number of nitrogens with zero attached hydrogens (tertiary/aromatic N) is 1. The summed E-state index contributed by atoms with van der Waals surface area (Å²) < 4.78 is 10.8. The van der Waals surface area contributed by atoms with Crippen LogP contribution in [-0.4, -0.2) is 31.6 Å². The van der Waals surface area contributed by atoms with Crippen LogP contribution in [0.5, 0.6) is 11.5 Å². The van der Waals surface area contributed by atoms with Crippen LogP contribution >= 0.6 is 11.3 Å². The third kappa shape index (κ3) is 3.06. The molecule has 4 nitrogen and oxygen atoms in total. The van der Waals surface area contributed by atoms with Crippen molar-refractivity contribution in [2.24, 2.45) is 0 Å². The Morgan fingerprint density at radius 2 is 2.04 bits per heavy atom. The number of hydrogen-bond acceptors (Lipinski definition) is 4. The largest absolute Gasteiger partial charge is 0.497 e. The highest BCUT2D eigenvalue weighted by Crippen LogP contribution is 2.40. The number of carbonyl (C=O) groups is 1. The molecule has 1 aliphatic rings. The van der Waals surface area contributed by atoms with Crippen LogP contribution in [0.25, 0.3) is 0 Å². The van der Waals surface area contributed by atoms with Crippen molar-refractivity contribution >= 4 is 17.2 Å². The Morgan fingerprint density at radius 3 is 2.70 bits per heavy atom. The third-order valence-corrected chi connectivity index (χ3v) is 5.25. The number of likely N-dealkylation sites (tertiary alicyclic amines) is 1. The van der Waals surface area contributed by atoms with E-state index < -0.39 is 0 Å². The summed E-state index contributed by atoms with van der Waals surface area (Å²) in [7, 11) is 3.31. The zero-order valence-electron chi connectivity index (χ0n) is 13.7. The third-order valence-electron chi connectivity index (χ3n) is 4.26. The molecule has 1 aliphatic heterocycles. The quantitative estimate of drug-likeness (QED) is 0.848. The molecule has 1 unspecified atom stereocenters. The second kappa shape index (κ2) is 6.62. The number of methoxy groups -OCH3 is 2. The Kier molecular flexibility index (Phi) is 4.57. The maximum atomic E-state index is 12.9. The number of carbonyl (C=O) groups excluding carboxylic acids is 1. The molecular formula is C18H21NO3S. The van der Waals surface area contributed by atoms with Gasteiger partial charge in [-0.2, -0.15) is 0 Å². The van der Waals surface area contributed by atoms with E-state index in [1.54, 1.807) is 25.6 Å². The number of rotatable bonds is 4. The second-order valence-electron chi connectivity index (χ2n) is 5.67. The Labute approximate surface area is 140 Å². The lowest BCUT2D eigenvalue weighted by Gasteiger charge is -2.26. The fraction of sp³-hybridized carbons (Fsp3) is 0.389. The lowest BCUT2D eigenvalue weighted by molar-refractivity contribution is 0.0739. The molecule has 23 heavy (non-hydrogen) atoms. The van der Waals surface area contributed by atoms with Gasteiger partial charge in [0, 0.05) is 17.0 Å². The van der Waals surface area contributed by atoms with Gasteiger partial charge in [0.25, 0.3) is 5.91 Å². The van der Waals surface area contributed by atoms with Crippen molar-refractivity contribution in [3.05, 3.63) is 45.6 Å². The highest BCUT2D eigenvalue weighted by Gasteiger charge is 2.33. The molecule has 122 valence electrons. The van der Waals surface area contributed by atoms with Crippen molar-refractivity contribution in [2.75, 3.05) is 20.8 Å². The molecule has 0 radical (unpaired) electrons. The molecule has 1 saturated heterocycles. The molecule has 0 saturated carbocycles. The standard InChI is InChI=1S/C18H21NO3S/c1-12-6-9-17(23-12)18(20)19-10-4-5-15(19)14-11-13(21-2)7-8-16(14)22-3/h6-9,11,15H,4-5,10H2,1-3H3. The van der Waals surface area contributed by atoms with Crippen molar-refractivity contribution in [3.63, 3.8) is 0 Å². The average molecular weight is 331 g/mol. The summed E-state index contributed by atoms with van der Waals surface area (Å²) in [5.74, 6) is 1.69. The summed E-state index contributed by atoms with van der Waals surface area (Å²) in [6.07, 6.45) is 1.95. The summed E-state index contributed by atoms with van der Waals surface area (Å²) in [5.41, 5.74) is 1.02. The number of thiophene rings is 1. The van der Waals surface area contributed by atoms with Gasteiger partial charge in [-0.25, -0.2) is 0 Å². The number of hydrogen-bond donors (Lipinski definition) is 0. The van der Waals surface area contributed by atoms with Gasteiger partial charge in [-0.3, -0.25) is 4.79 Å². The molecule has 0 spiro atoms. The fourth-order valence-corrected chi connectivity index (χ4v) is 3.95. The first-order chi connectivity index (χ1) is 11.1. The first kappa shape index (κ1) is 15.9. The molecule has 1 aromatic carbocycles. The average Bonchev–Trinajstić information content (AvgIpc) is 3.22. The molecule has 3 rings (SSSR count). The first-order valence-corrected chi connectivity index (χ1v) is 8.55. The summed E-state index contributed by atoms with van der Waals surface area (Å²) in [5, 5.41) is 0. The van der Waals surface area contributed by atoms with Gasteiger partial charge in [0.2, 0.25) is 0 Å². The fourth-order valence-electron chi connectivity index (χ4n) is 3.12. The van der Waals surface area contributed by atoms with E-state index in [4.69, 9.17) is 9.47 Å². The molecular weight excluding hydrogens is 310 g/mol. The van der Waals surface area contributed by atoms with E-state index in [9.17, 15) is 4.79 Å². The summed E-state index contributed by atoms with van der Waals surface area (Å²) in [6, 6.07) is 9.72.